The fraction of sp³-hybridized carbons (Fsp3) is 0.467. The Labute approximate surface area is 121 Å². The Kier molecular flexibility index (Phi) is 5.46. The third kappa shape index (κ3) is 4.46. The number of aryl methyl sites for hydroxylation is 1. The zero-order valence-corrected chi connectivity index (χ0v) is 12.8. The summed E-state index contributed by atoms with van der Waals surface area (Å²) in [5, 5.41) is 18.0. The first-order chi connectivity index (χ1) is 9.26. The molecule has 20 heavy (non-hydrogen) atoms. The van der Waals surface area contributed by atoms with Crippen molar-refractivity contribution in [2.75, 3.05) is 5.75 Å². The van der Waals surface area contributed by atoms with Crippen molar-refractivity contribution in [1.82, 2.24) is 0 Å². The lowest BCUT2D eigenvalue weighted by molar-refractivity contribution is 0.0696. The second-order valence-electron chi connectivity index (χ2n) is 5.43. The summed E-state index contributed by atoms with van der Waals surface area (Å²) >= 11 is 0. The molecule has 0 radical (unpaired) electrons. The van der Waals surface area contributed by atoms with Crippen molar-refractivity contribution in [3.8, 4) is 6.07 Å². The average Bonchev–Trinajstić information content (AvgIpc) is 2.38. The second-order valence-corrected chi connectivity index (χ2v) is 7.00. The Balaban J connectivity index is 2.72. The van der Waals surface area contributed by atoms with Crippen LogP contribution >= 0.6 is 0 Å². The van der Waals surface area contributed by atoms with Crippen LogP contribution in [-0.2, 0) is 10.8 Å². The molecule has 0 heterocycles. The number of nitriles is 1. The molecule has 0 aliphatic heterocycles. The summed E-state index contributed by atoms with van der Waals surface area (Å²) in [5.74, 6) is -0.570. The van der Waals surface area contributed by atoms with Gasteiger partial charge in [-0.3, -0.25) is 4.21 Å². The molecule has 4 nitrogen and oxygen atoms in total. The minimum absolute atomic E-state index is 0.188. The molecular formula is C15H19NO3S. The van der Waals surface area contributed by atoms with Gasteiger partial charge in [0.1, 0.15) is 0 Å². The lowest BCUT2D eigenvalue weighted by Crippen LogP contribution is -2.10. The molecule has 1 aromatic rings. The van der Waals surface area contributed by atoms with Crippen LogP contribution in [0.5, 0.6) is 0 Å². The normalized spacial score (nSPS) is 12.7. The van der Waals surface area contributed by atoms with E-state index in [1.54, 1.807) is 19.1 Å². The zero-order valence-electron chi connectivity index (χ0n) is 12.0. The molecule has 108 valence electrons. The first-order valence-corrected chi connectivity index (χ1v) is 7.72. The van der Waals surface area contributed by atoms with Gasteiger partial charge in [0.05, 0.1) is 27.8 Å². The molecule has 5 heteroatoms. The molecule has 1 unspecified atom stereocenters. The third-order valence-corrected chi connectivity index (χ3v) is 4.58. The van der Waals surface area contributed by atoms with E-state index in [1.807, 2.05) is 13.8 Å². The van der Waals surface area contributed by atoms with Gasteiger partial charge in [0, 0.05) is 10.6 Å². The fourth-order valence-corrected chi connectivity index (χ4v) is 2.90. The maximum Gasteiger partial charge on any atom is 0.335 e. The van der Waals surface area contributed by atoms with Gasteiger partial charge in [-0.2, -0.15) is 5.26 Å². The quantitative estimate of drug-likeness (QED) is 0.874. The largest absolute Gasteiger partial charge is 0.478 e. The van der Waals surface area contributed by atoms with Gasteiger partial charge in [-0.1, -0.05) is 6.07 Å². The van der Waals surface area contributed by atoms with E-state index in [4.69, 9.17) is 10.4 Å². The fourth-order valence-electron chi connectivity index (χ4n) is 1.79. The topological polar surface area (TPSA) is 78.2 Å². The molecule has 0 saturated carbocycles. The molecule has 0 saturated heterocycles. The predicted molar refractivity (Wildman–Crippen MR) is 78.0 cm³/mol. The molecule has 0 aliphatic rings. The van der Waals surface area contributed by atoms with Gasteiger partial charge in [-0.25, -0.2) is 4.79 Å². The summed E-state index contributed by atoms with van der Waals surface area (Å²) in [6.45, 7) is 5.42. The van der Waals surface area contributed by atoms with E-state index in [9.17, 15) is 9.00 Å². The number of rotatable bonds is 6. The Hall–Kier alpha value is -1.67. The van der Waals surface area contributed by atoms with E-state index in [0.29, 0.717) is 29.1 Å². The molecule has 1 N–H and O–H groups in total. The van der Waals surface area contributed by atoms with E-state index < -0.39 is 22.2 Å². The van der Waals surface area contributed by atoms with Crippen molar-refractivity contribution < 1.29 is 14.1 Å². The third-order valence-electron chi connectivity index (χ3n) is 3.14. The molecule has 1 aromatic carbocycles. The summed E-state index contributed by atoms with van der Waals surface area (Å²) in [6.07, 6.45) is 1.34. The van der Waals surface area contributed by atoms with Gasteiger partial charge in [-0.15, -0.1) is 0 Å². The number of carboxylic acid groups (broad SMARTS) is 1. The van der Waals surface area contributed by atoms with Crippen LogP contribution < -0.4 is 0 Å². The highest BCUT2D eigenvalue weighted by Gasteiger charge is 2.17. The minimum atomic E-state index is -1.23. The Morgan fingerprint density at radius 1 is 1.45 bits per heavy atom. The molecule has 0 fully saturated rings. The second kappa shape index (κ2) is 6.67. The van der Waals surface area contributed by atoms with E-state index in [0.717, 1.165) is 0 Å². The maximum atomic E-state index is 12.1. The van der Waals surface area contributed by atoms with E-state index in [2.05, 4.69) is 6.07 Å². The summed E-state index contributed by atoms with van der Waals surface area (Å²) in [4.78, 5) is 11.6. The molecule has 1 rings (SSSR count). The molecule has 0 aromatic heterocycles. The van der Waals surface area contributed by atoms with Gasteiger partial charge in [0.2, 0.25) is 0 Å². The zero-order chi connectivity index (χ0) is 15.3. The van der Waals surface area contributed by atoms with Crippen molar-refractivity contribution in [2.24, 2.45) is 5.41 Å². The molecule has 0 spiro atoms. The minimum Gasteiger partial charge on any atom is -0.478 e. The molecule has 0 aliphatic carbocycles. The lowest BCUT2D eigenvalue weighted by atomic mass is 9.90. The first-order valence-electron chi connectivity index (χ1n) is 6.40. The summed E-state index contributed by atoms with van der Waals surface area (Å²) in [7, 11) is -1.23. The van der Waals surface area contributed by atoms with Crippen molar-refractivity contribution in [2.45, 2.75) is 38.5 Å². The van der Waals surface area contributed by atoms with Crippen LogP contribution in [0, 0.1) is 23.7 Å². The predicted octanol–water partition coefficient (Wildman–Crippen LogP) is 3.13. The Morgan fingerprint density at radius 2 is 2.10 bits per heavy atom. The summed E-state index contributed by atoms with van der Waals surface area (Å²) in [6, 6.07) is 7.06. The highest BCUT2D eigenvalue weighted by Crippen LogP contribution is 2.22. The number of benzene rings is 1. The number of nitrogens with zero attached hydrogens (tertiary/aromatic N) is 1. The van der Waals surface area contributed by atoms with Crippen LogP contribution in [0.3, 0.4) is 0 Å². The van der Waals surface area contributed by atoms with E-state index in [-0.39, 0.29) is 5.56 Å². The number of hydrogen-bond donors (Lipinski definition) is 1. The van der Waals surface area contributed by atoms with Crippen molar-refractivity contribution in [3.05, 3.63) is 29.3 Å². The van der Waals surface area contributed by atoms with Crippen molar-refractivity contribution in [1.29, 1.82) is 5.26 Å². The van der Waals surface area contributed by atoms with Crippen LogP contribution in [-0.4, -0.2) is 21.0 Å². The van der Waals surface area contributed by atoms with Crippen molar-refractivity contribution in [3.63, 3.8) is 0 Å². The standard InChI is InChI=1S/C15H19NO3S/c1-11-5-6-12(9-13(11)14(17)18)20(19)8-4-7-15(2,3)10-16/h5-6,9H,4,7-8H2,1-3H3,(H,17,18). The van der Waals surface area contributed by atoms with E-state index in [1.165, 1.54) is 6.07 Å². The summed E-state index contributed by atoms with van der Waals surface area (Å²) in [5.41, 5.74) is 0.432. The van der Waals surface area contributed by atoms with Gasteiger partial charge >= 0.3 is 5.97 Å². The average molecular weight is 293 g/mol. The Morgan fingerprint density at radius 3 is 2.65 bits per heavy atom. The monoisotopic (exact) mass is 293 g/mol. The number of carboxylic acids is 1. The van der Waals surface area contributed by atoms with Crippen LogP contribution in [0.25, 0.3) is 0 Å². The van der Waals surface area contributed by atoms with Crippen LogP contribution in [0.15, 0.2) is 23.1 Å². The highest BCUT2D eigenvalue weighted by molar-refractivity contribution is 7.85. The molecule has 1 atom stereocenters. The lowest BCUT2D eigenvalue weighted by Gasteiger charge is -2.14. The van der Waals surface area contributed by atoms with Gasteiger partial charge in [0.25, 0.3) is 0 Å². The van der Waals surface area contributed by atoms with Crippen LogP contribution in [0.1, 0.15) is 42.6 Å². The number of hydrogen-bond acceptors (Lipinski definition) is 3. The van der Waals surface area contributed by atoms with E-state index >= 15 is 0 Å². The highest BCUT2D eigenvalue weighted by atomic mass is 32.2. The first kappa shape index (κ1) is 16.4. The van der Waals surface area contributed by atoms with Crippen molar-refractivity contribution >= 4 is 16.8 Å². The van der Waals surface area contributed by atoms with Crippen LogP contribution in [0.4, 0.5) is 0 Å². The van der Waals surface area contributed by atoms with Gasteiger partial charge in [0.15, 0.2) is 0 Å². The number of aromatic carboxylic acids is 1. The smallest absolute Gasteiger partial charge is 0.335 e. The Bertz CT molecular complexity index is 573. The maximum absolute atomic E-state index is 12.1. The molecule has 0 amide bonds. The number of carbonyl (C=O) groups is 1. The van der Waals surface area contributed by atoms with Crippen LogP contribution in [0.2, 0.25) is 0 Å². The molecular weight excluding hydrogens is 274 g/mol. The van der Waals surface area contributed by atoms with Gasteiger partial charge < -0.3 is 5.11 Å². The van der Waals surface area contributed by atoms with Gasteiger partial charge in [-0.05, 0) is 51.3 Å². The SMILES string of the molecule is Cc1ccc(S(=O)CCCC(C)(C)C#N)cc1C(=O)O. The summed E-state index contributed by atoms with van der Waals surface area (Å²) < 4.78 is 12.1. The molecule has 0 bridgehead atoms.